The third kappa shape index (κ3) is 3.12. The Balaban J connectivity index is 2.00. The van der Waals surface area contributed by atoms with Crippen molar-refractivity contribution in [1.82, 2.24) is 10.2 Å². The summed E-state index contributed by atoms with van der Waals surface area (Å²) in [5.41, 5.74) is 0. The number of carbonyl (C=O) groups excluding carboxylic acids is 1. The van der Waals surface area contributed by atoms with Gasteiger partial charge in [-0.1, -0.05) is 26.0 Å². The molecule has 0 aromatic heterocycles. The van der Waals surface area contributed by atoms with E-state index in [0.717, 1.165) is 6.42 Å². The Kier molecular flexibility index (Phi) is 4.71. The van der Waals surface area contributed by atoms with Crippen LogP contribution in [0, 0.1) is 29.6 Å². The molecule has 0 aromatic rings. The molecule has 118 valence electrons. The predicted octanol–water partition coefficient (Wildman–Crippen LogP) is 1.21. The molecule has 5 atom stereocenters. The summed E-state index contributed by atoms with van der Waals surface area (Å²) in [6.07, 6.45) is 4.78. The zero-order valence-electron chi connectivity index (χ0n) is 13.2. The molecule has 0 spiro atoms. The van der Waals surface area contributed by atoms with E-state index in [4.69, 9.17) is 0 Å². The van der Waals surface area contributed by atoms with Crippen LogP contribution in [0.25, 0.3) is 0 Å². The van der Waals surface area contributed by atoms with Crippen molar-refractivity contribution in [3.05, 3.63) is 12.2 Å². The highest BCUT2D eigenvalue weighted by atomic mass is 16.4. The molecule has 0 saturated heterocycles. The minimum absolute atomic E-state index is 0.0259. The van der Waals surface area contributed by atoms with Crippen molar-refractivity contribution >= 4 is 11.9 Å². The summed E-state index contributed by atoms with van der Waals surface area (Å²) in [5, 5.41) is 12.4. The Hall–Kier alpha value is -1.36. The Morgan fingerprint density at radius 3 is 2.29 bits per heavy atom. The van der Waals surface area contributed by atoms with Crippen LogP contribution in [0.3, 0.4) is 0 Å². The Labute approximate surface area is 126 Å². The SMILES string of the molecule is CC(C)C(CNC(=O)[C@H]1C2C=CC(C2)[C@H]1C(=O)O)N(C)C. The topological polar surface area (TPSA) is 69.6 Å². The normalized spacial score (nSPS) is 31.9. The molecule has 1 fully saturated rings. The second kappa shape index (κ2) is 6.18. The van der Waals surface area contributed by atoms with Crippen LogP contribution in [0.5, 0.6) is 0 Å². The van der Waals surface area contributed by atoms with Gasteiger partial charge < -0.3 is 15.3 Å². The highest BCUT2D eigenvalue weighted by Crippen LogP contribution is 2.48. The van der Waals surface area contributed by atoms with E-state index in [1.165, 1.54) is 0 Å². The highest BCUT2D eigenvalue weighted by Gasteiger charge is 2.51. The minimum atomic E-state index is -0.847. The number of hydrogen-bond acceptors (Lipinski definition) is 3. The maximum Gasteiger partial charge on any atom is 0.307 e. The number of fused-ring (bicyclic) bond motifs is 2. The Morgan fingerprint density at radius 1 is 1.24 bits per heavy atom. The van der Waals surface area contributed by atoms with Crippen molar-refractivity contribution < 1.29 is 14.7 Å². The predicted molar refractivity (Wildman–Crippen MR) is 80.7 cm³/mol. The summed E-state index contributed by atoms with van der Waals surface area (Å²) >= 11 is 0. The quantitative estimate of drug-likeness (QED) is 0.723. The van der Waals surface area contributed by atoms with E-state index >= 15 is 0 Å². The van der Waals surface area contributed by atoms with Gasteiger partial charge in [0.1, 0.15) is 0 Å². The first-order chi connectivity index (χ1) is 9.82. The molecular weight excluding hydrogens is 268 g/mol. The minimum Gasteiger partial charge on any atom is -0.481 e. The zero-order chi connectivity index (χ0) is 15.7. The maximum absolute atomic E-state index is 12.5. The molecular formula is C16H26N2O3. The molecule has 2 rings (SSSR count). The fraction of sp³-hybridized carbons (Fsp3) is 0.750. The van der Waals surface area contributed by atoms with E-state index in [0.29, 0.717) is 12.5 Å². The van der Waals surface area contributed by atoms with Crippen molar-refractivity contribution in [2.75, 3.05) is 20.6 Å². The average Bonchev–Trinajstić information content (AvgIpc) is 2.97. The fourth-order valence-corrected chi connectivity index (χ4v) is 3.85. The van der Waals surface area contributed by atoms with Gasteiger partial charge in [-0.25, -0.2) is 0 Å². The number of carboxylic acids is 1. The molecule has 2 bridgehead atoms. The molecule has 5 heteroatoms. The summed E-state index contributed by atoms with van der Waals surface area (Å²) in [4.78, 5) is 26.0. The zero-order valence-corrected chi connectivity index (χ0v) is 13.2. The molecule has 1 amide bonds. The first-order valence-electron chi connectivity index (χ1n) is 7.68. The number of carbonyl (C=O) groups is 2. The van der Waals surface area contributed by atoms with Gasteiger partial charge in [0.15, 0.2) is 0 Å². The number of hydrogen-bond donors (Lipinski definition) is 2. The van der Waals surface area contributed by atoms with Crippen molar-refractivity contribution in [2.45, 2.75) is 26.3 Å². The smallest absolute Gasteiger partial charge is 0.307 e. The first kappa shape index (κ1) is 16.0. The van der Waals surface area contributed by atoms with E-state index in [1.54, 1.807) is 0 Å². The number of amides is 1. The Bertz CT molecular complexity index is 437. The Morgan fingerprint density at radius 2 is 1.81 bits per heavy atom. The molecule has 0 heterocycles. The number of likely N-dealkylation sites (N-methyl/N-ethyl adjacent to an activating group) is 1. The first-order valence-corrected chi connectivity index (χ1v) is 7.68. The largest absolute Gasteiger partial charge is 0.481 e. The van der Waals surface area contributed by atoms with Crippen LogP contribution in [-0.4, -0.2) is 48.6 Å². The van der Waals surface area contributed by atoms with E-state index in [1.807, 2.05) is 26.2 Å². The van der Waals surface area contributed by atoms with Crippen molar-refractivity contribution in [3.63, 3.8) is 0 Å². The molecule has 3 unspecified atom stereocenters. The number of aliphatic carboxylic acids is 1. The van der Waals surface area contributed by atoms with Gasteiger partial charge in [0, 0.05) is 12.6 Å². The molecule has 1 saturated carbocycles. The number of nitrogens with one attached hydrogen (secondary N) is 1. The van der Waals surface area contributed by atoms with Crippen LogP contribution in [0.2, 0.25) is 0 Å². The summed E-state index contributed by atoms with van der Waals surface area (Å²) in [6, 6.07) is 0.256. The van der Waals surface area contributed by atoms with Gasteiger partial charge in [-0.05, 0) is 38.3 Å². The molecule has 21 heavy (non-hydrogen) atoms. The van der Waals surface area contributed by atoms with Gasteiger partial charge in [0.05, 0.1) is 11.8 Å². The summed E-state index contributed by atoms with van der Waals surface area (Å²) in [7, 11) is 3.99. The van der Waals surface area contributed by atoms with E-state index in [9.17, 15) is 14.7 Å². The molecule has 2 aliphatic carbocycles. The lowest BCUT2D eigenvalue weighted by Crippen LogP contribution is -2.47. The van der Waals surface area contributed by atoms with Gasteiger partial charge >= 0.3 is 5.97 Å². The monoisotopic (exact) mass is 294 g/mol. The number of carboxylic acid groups (broad SMARTS) is 1. The van der Waals surface area contributed by atoms with Crippen LogP contribution >= 0.6 is 0 Å². The number of rotatable bonds is 6. The van der Waals surface area contributed by atoms with Crippen LogP contribution in [0.4, 0.5) is 0 Å². The molecule has 0 radical (unpaired) electrons. The van der Waals surface area contributed by atoms with Crippen LogP contribution in [-0.2, 0) is 9.59 Å². The van der Waals surface area contributed by atoms with Gasteiger partial charge in [0.25, 0.3) is 0 Å². The highest BCUT2D eigenvalue weighted by molar-refractivity contribution is 5.86. The molecule has 0 aliphatic heterocycles. The fourth-order valence-electron chi connectivity index (χ4n) is 3.85. The van der Waals surface area contributed by atoms with Gasteiger partial charge in [-0.2, -0.15) is 0 Å². The third-order valence-corrected chi connectivity index (χ3v) is 4.97. The van der Waals surface area contributed by atoms with Crippen LogP contribution in [0.15, 0.2) is 12.2 Å². The molecule has 2 aliphatic rings. The number of allylic oxidation sites excluding steroid dienone is 2. The lowest BCUT2D eigenvalue weighted by atomic mass is 9.82. The summed E-state index contributed by atoms with van der Waals surface area (Å²) < 4.78 is 0. The van der Waals surface area contributed by atoms with E-state index in [2.05, 4.69) is 24.1 Å². The summed E-state index contributed by atoms with van der Waals surface area (Å²) in [6.45, 7) is 4.81. The number of nitrogens with zero attached hydrogens (tertiary/aromatic N) is 1. The van der Waals surface area contributed by atoms with E-state index < -0.39 is 17.8 Å². The van der Waals surface area contributed by atoms with Gasteiger partial charge in [-0.15, -0.1) is 0 Å². The lowest BCUT2D eigenvalue weighted by molar-refractivity contribution is -0.147. The van der Waals surface area contributed by atoms with Gasteiger partial charge in [0.2, 0.25) is 5.91 Å². The summed E-state index contributed by atoms with van der Waals surface area (Å²) in [5.74, 6) is -1.38. The van der Waals surface area contributed by atoms with Crippen LogP contribution < -0.4 is 5.32 Å². The van der Waals surface area contributed by atoms with Crippen molar-refractivity contribution in [3.8, 4) is 0 Å². The standard InChI is InChI=1S/C16H26N2O3/c1-9(2)12(18(3)4)8-17-15(19)13-10-5-6-11(7-10)14(13)16(20)21/h5-6,9-14H,7-8H2,1-4H3,(H,17,19)(H,20,21)/t10?,11?,12?,13-,14+/m0/s1. The second-order valence-electron chi connectivity index (χ2n) is 6.86. The molecule has 5 nitrogen and oxygen atoms in total. The van der Waals surface area contributed by atoms with Crippen molar-refractivity contribution in [2.24, 2.45) is 29.6 Å². The third-order valence-electron chi connectivity index (χ3n) is 4.97. The van der Waals surface area contributed by atoms with E-state index in [-0.39, 0.29) is 23.8 Å². The van der Waals surface area contributed by atoms with Crippen LogP contribution in [0.1, 0.15) is 20.3 Å². The maximum atomic E-state index is 12.5. The van der Waals surface area contributed by atoms with Gasteiger partial charge in [-0.3, -0.25) is 9.59 Å². The molecule has 0 aromatic carbocycles. The lowest BCUT2D eigenvalue weighted by Gasteiger charge is -2.30. The average molecular weight is 294 g/mol. The van der Waals surface area contributed by atoms with Crippen molar-refractivity contribution in [1.29, 1.82) is 0 Å². The second-order valence-corrected chi connectivity index (χ2v) is 6.86. The molecule has 2 N–H and O–H groups in total.